The fourth-order valence-electron chi connectivity index (χ4n) is 3.16. The normalized spacial score (nSPS) is 17.6. The lowest BCUT2D eigenvalue weighted by molar-refractivity contribution is 0.264. The Hall–Kier alpha value is -1.11. The van der Waals surface area contributed by atoms with Gasteiger partial charge >= 0.3 is 0 Å². The van der Waals surface area contributed by atoms with E-state index >= 15 is 0 Å². The maximum Gasteiger partial charge on any atom is 0.246 e. The summed E-state index contributed by atoms with van der Waals surface area (Å²) in [4.78, 5) is 2.65. The molecule has 23 heavy (non-hydrogen) atoms. The molecule has 1 aliphatic rings. The molecule has 1 saturated heterocycles. The Morgan fingerprint density at radius 3 is 2.57 bits per heavy atom. The monoisotopic (exact) mass is 340 g/mol. The van der Waals surface area contributed by atoms with Crippen molar-refractivity contribution in [2.75, 3.05) is 40.3 Å². The van der Waals surface area contributed by atoms with Gasteiger partial charge in [0.25, 0.3) is 0 Å². The predicted octanol–water partition coefficient (Wildman–Crippen LogP) is 2.36. The van der Waals surface area contributed by atoms with Crippen molar-refractivity contribution in [3.05, 3.63) is 23.8 Å². The highest BCUT2D eigenvalue weighted by molar-refractivity contribution is 7.89. The van der Waals surface area contributed by atoms with Crippen molar-refractivity contribution in [3.8, 4) is 5.75 Å². The molecule has 2 rings (SSSR count). The molecule has 0 aromatic heterocycles. The molecule has 6 heteroatoms. The summed E-state index contributed by atoms with van der Waals surface area (Å²) < 4.78 is 32.4. The van der Waals surface area contributed by atoms with Crippen molar-refractivity contribution in [3.63, 3.8) is 0 Å². The minimum absolute atomic E-state index is 0.237. The fourth-order valence-corrected chi connectivity index (χ4v) is 4.58. The van der Waals surface area contributed by atoms with E-state index in [9.17, 15) is 8.42 Å². The van der Waals surface area contributed by atoms with Gasteiger partial charge < -0.3 is 9.64 Å². The number of sulfonamides is 1. The van der Waals surface area contributed by atoms with Gasteiger partial charge in [0.15, 0.2) is 0 Å². The smallest absolute Gasteiger partial charge is 0.246 e. The molecule has 0 amide bonds. The molecular formula is C17H28N2O3S. The van der Waals surface area contributed by atoms with Gasteiger partial charge in [-0.15, -0.1) is 0 Å². The lowest BCUT2D eigenvalue weighted by Gasteiger charge is -2.25. The molecule has 0 bridgehead atoms. The Balaban J connectivity index is 2.09. The summed E-state index contributed by atoms with van der Waals surface area (Å²) in [5, 5.41) is 0. The molecule has 1 atom stereocenters. The molecule has 1 fully saturated rings. The molecule has 1 aromatic carbocycles. The second-order valence-electron chi connectivity index (χ2n) is 6.55. The standard InChI is InChI=1S/C17H28N2O3S/c1-14-7-8-17(16(11-14)22-4)23(20,21)18(3)12-15(2)13-19-9-5-6-10-19/h7-8,11,15H,5-6,9-10,12-13H2,1-4H3. The van der Waals surface area contributed by atoms with Crippen molar-refractivity contribution in [1.29, 1.82) is 0 Å². The van der Waals surface area contributed by atoms with E-state index in [2.05, 4.69) is 11.8 Å². The van der Waals surface area contributed by atoms with Gasteiger partial charge in [0.2, 0.25) is 10.0 Å². The third-order valence-corrected chi connectivity index (χ3v) is 6.21. The topological polar surface area (TPSA) is 49.9 Å². The largest absolute Gasteiger partial charge is 0.495 e. The summed E-state index contributed by atoms with van der Waals surface area (Å²) in [5.74, 6) is 0.702. The van der Waals surface area contributed by atoms with Crippen molar-refractivity contribution >= 4 is 10.0 Å². The number of rotatable bonds is 7. The molecule has 0 aliphatic carbocycles. The van der Waals surface area contributed by atoms with E-state index in [0.29, 0.717) is 18.2 Å². The molecule has 0 saturated carbocycles. The van der Waals surface area contributed by atoms with E-state index in [-0.39, 0.29) is 4.90 Å². The van der Waals surface area contributed by atoms with Gasteiger partial charge in [-0.05, 0) is 56.5 Å². The lowest BCUT2D eigenvalue weighted by Crippen LogP contribution is -2.36. The molecule has 0 N–H and O–H groups in total. The Labute approximate surface area is 140 Å². The highest BCUT2D eigenvalue weighted by Crippen LogP contribution is 2.27. The molecule has 1 unspecified atom stereocenters. The zero-order chi connectivity index (χ0) is 17.0. The van der Waals surface area contributed by atoms with Crippen molar-refractivity contribution in [1.82, 2.24) is 9.21 Å². The van der Waals surface area contributed by atoms with E-state index in [1.807, 2.05) is 6.92 Å². The fraction of sp³-hybridized carbons (Fsp3) is 0.647. The Kier molecular flexibility index (Phi) is 6.06. The number of benzene rings is 1. The number of ether oxygens (including phenoxy) is 1. The highest BCUT2D eigenvalue weighted by atomic mass is 32.2. The SMILES string of the molecule is COc1cc(C)ccc1S(=O)(=O)N(C)CC(C)CN1CCCC1. The van der Waals surface area contributed by atoms with Crippen LogP contribution in [0.5, 0.6) is 5.75 Å². The summed E-state index contributed by atoms with van der Waals surface area (Å²) in [6.45, 7) is 7.75. The quantitative estimate of drug-likeness (QED) is 0.764. The summed E-state index contributed by atoms with van der Waals surface area (Å²) in [7, 11) is -0.386. The average Bonchev–Trinajstić information content (AvgIpc) is 2.99. The van der Waals surface area contributed by atoms with Gasteiger partial charge in [0.1, 0.15) is 10.6 Å². The first-order valence-corrected chi connectivity index (χ1v) is 9.62. The second-order valence-corrected chi connectivity index (χ2v) is 8.57. The van der Waals surface area contributed by atoms with E-state index in [1.54, 1.807) is 25.2 Å². The van der Waals surface area contributed by atoms with Crippen LogP contribution < -0.4 is 4.74 Å². The van der Waals surface area contributed by atoms with Crippen LogP contribution in [0.1, 0.15) is 25.3 Å². The van der Waals surface area contributed by atoms with Crippen molar-refractivity contribution in [2.24, 2.45) is 5.92 Å². The number of methoxy groups -OCH3 is 1. The summed E-state index contributed by atoms with van der Waals surface area (Å²) in [6.07, 6.45) is 2.50. The zero-order valence-electron chi connectivity index (χ0n) is 14.6. The summed E-state index contributed by atoms with van der Waals surface area (Å²) in [6, 6.07) is 5.19. The van der Waals surface area contributed by atoms with E-state index < -0.39 is 10.0 Å². The van der Waals surface area contributed by atoms with Gasteiger partial charge in [-0.3, -0.25) is 0 Å². The maximum atomic E-state index is 12.8. The van der Waals surface area contributed by atoms with Crippen LogP contribution in [0, 0.1) is 12.8 Å². The number of likely N-dealkylation sites (tertiary alicyclic amines) is 1. The lowest BCUT2D eigenvalue weighted by atomic mass is 10.2. The van der Waals surface area contributed by atoms with Crippen LogP contribution in [0.25, 0.3) is 0 Å². The molecule has 5 nitrogen and oxygen atoms in total. The summed E-state index contributed by atoms with van der Waals surface area (Å²) >= 11 is 0. The van der Waals surface area contributed by atoms with Crippen molar-refractivity contribution in [2.45, 2.75) is 31.6 Å². The molecule has 0 radical (unpaired) electrons. The van der Waals surface area contributed by atoms with E-state index in [4.69, 9.17) is 4.74 Å². The van der Waals surface area contributed by atoms with Crippen LogP contribution in [0.4, 0.5) is 0 Å². The Bertz CT molecular complexity index is 625. The molecule has 1 heterocycles. The first kappa shape index (κ1) is 18.2. The number of hydrogen-bond acceptors (Lipinski definition) is 4. The summed E-state index contributed by atoms with van der Waals surface area (Å²) in [5.41, 5.74) is 0.978. The highest BCUT2D eigenvalue weighted by Gasteiger charge is 2.26. The molecule has 1 aromatic rings. The van der Waals surface area contributed by atoms with Gasteiger partial charge in [0, 0.05) is 20.1 Å². The van der Waals surface area contributed by atoms with Gasteiger partial charge in [0.05, 0.1) is 7.11 Å². The number of hydrogen-bond donors (Lipinski definition) is 0. The van der Waals surface area contributed by atoms with Crippen LogP contribution in [-0.2, 0) is 10.0 Å². The van der Waals surface area contributed by atoms with Crippen LogP contribution >= 0.6 is 0 Å². The maximum absolute atomic E-state index is 12.8. The first-order valence-electron chi connectivity index (χ1n) is 8.18. The van der Waals surface area contributed by atoms with Crippen LogP contribution in [0.15, 0.2) is 23.1 Å². The van der Waals surface area contributed by atoms with Crippen molar-refractivity contribution < 1.29 is 13.2 Å². The number of aryl methyl sites for hydroxylation is 1. The minimum Gasteiger partial charge on any atom is -0.495 e. The Morgan fingerprint density at radius 1 is 1.30 bits per heavy atom. The predicted molar refractivity (Wildman–Crippen MR) is 92.4 cm³/mol. The van der Waals surface area contributed by atoms with Gasteiger partial charge in [-0.1, -0.05) is 13.0 Å². The van der Waals surface area contributed by atoms with E-state index in [0.717, 1.165) is 25.2 Å². The Morgan fingerprint density at radius 2 is 1.96 bits per heavy atom. The third-order valence-electron chi connectivity index (χ3n) is 4.34. The van der Waals surface area contributed by atoms with Crippen LogP contribution in [0.2, 0.25) is 0 Å². The third kappa shape index (κ3) is 4.46. The van der Waals surface area contributed by atoms with Crippen LogP contribution in [-0.4, -0.2) is 58.0 Å². The van der Waals surface area contributed by atoms with Crippen LogP contribution in [0.3, 0.4) is 0 Å². The van der Waals surface area contributed by atoms with Gasteiger partial charge in [-0.25, -0.2) is 12.7 Å². The molecule has 0 spiro atoms. The van der Waals surface area contributed by atoms with Gasteiger partial charge in [-0.2, -0.15) is 0 Å². The first-order chi connectivity index (χ1) is 10.8. The molecule has 130 valence electrons. The molecular weight excluding hydrogens is 312 g/mol. The zero-order valence-corrected chi connectivity index (χ0v) is 15.4. The molecule has 1 aliphatic heterocycles. The van der Waals surface area contributed by atoms with E-state index in [1.165, 1.54) is 24.3 Å². The number of nitrogens with zero attached hydrogens (tertiary/aromatic N) is 2. The minimum atomic E-state index is -3.54. The average molecular weight is 340 g/mol. The second kappa shape index (κ2) is 7.64.